The van der Waals surface area contributed by atoms with E-state index in [9.17, 15) is 21.6 Å². The van der Waals surface area contributed by atoms with E-state index in [2.05, 4.69) is 15.3 Å². The Morgan fingerprint density at radius 2 is 1.83 bits per heavy atom. The molecule has 8 nitrogen and oxygen atoms in total. The first-order valence-electron chi connectivity index (χ1n) is 10.0. The lowest BCUT2D eigenvalue weighted by Crippen LogP contribution is -2.43. The highest BCUT2D eigenvalue weighted by molar-refractivity contribution is 7.89. The lowest BCUT2D eigenvalue weighted by molar-refractivity contribution is -0.145. The minimum atomic E-state index is -4.73. The van der Waals surface area contributed by atoms with Crippen molar-refractivity contribution >= 4 is 10.0 Å². The first-order chi connectivity index (χ1) is 14.2. The number of hydrogen-bond donors (Lipinski definition) is 1. The normalized spacial score (nSPS) is 23.5. The molecule has 3 rings (SSSR count). The second-order valence-corrected chi connectivity index (χ2v) is 9.42. The molecule has 0 radical (unpaired) electrons. The fourth-order valence-corrected chi connectivity index (χ4v) is 5.22. The Hall–Kier alpha value is -1.34. The molecule has 1 aromatic heterocycles. The molecule has 0 bridgehead atoms. The Morgan fingerprint density at radius 3 is 2.50 bits per heavy atom. The zero-order valence-electron chi connectivity index (χ0n) is 16.8. The third-order valence-electron chi connectivity index (χ3n) is 5.26. The monoisotopic (exact) mass is 452 g/mol. The number of hydrogen-bond acceptors (Lipinski definition) is 7. The number of sulfonamides is 1. The summed E-state index contributed by atoms with van der Waals surface area (Å²) in [6, 6.07) is 0.478. The van der Waals surface area contributed by atoms with Gasteiger partial charge in [-0.2, -0.15) is 17.5 Å². The van der Waals surface area contributed by atoms with Gasteiger partial charge in [0.25, 0.3) is 0 Å². The predicted molar refractivity (Wildman–Crippen MR) is 101 cm³/mol. The molecular weight excluding hydrogens is 425 g/mol. The number of rotatable bonds is 4. The molecule has 2 fully saturated rings. The first kappa shape index (κ1) is 23.3. The molecule has 2 aliphatic rings. The summed E-state index contributed by atoms with van der Waals surface area (Å²) in [4.78, 5) is 6.25. The maximum atomic E-state index is 13.0. The highest BCUT2D eigenvalue weighted by Crippen LogP contribution is 2.28. The molecular formula is C18H27F3N4O4S. The number of halogens is 3. The van der Waals surface area contributed by atoms with Crippen molar-refractivity contribution in [2.45, 2.75) is 55.8 Å². The van der Waals surface area contributed by atoms with E-state index in [1.807, 2.05) is 0 Å². The summed E-state index contributed by atoms with van der Waals surface area (Å²) in [5, 5.41) is 3.57. The molecule has 2 aliphatic heterocycles. The van der Waals surface area contributed by atoms with E-state index in [1.165, 1.54) is 11.2 Å². The highest BCUT2D eigenvalue weighted by atomic mass is 32.2. The van der Waals surface area contributed by atoms with Gasteiger partial charge in [-0.05, 0) is 32.6 Å². The van der Waals surface area contributed by atoms with Gasteiger partial charge in [0.1, 0.15) is 4.90 Å². The number of aryl methyl sites for hydroxylation is 1. The van der Waals surface area contributed by atoms with Crippen LogP contribution in [0.3, 0.4) is 0 Å². The average Bonchev–Trinajstić information content (AvgIpc) is 2.80. The molecule has 2 saturated heterocycles. The Balaban J connectivity index is 1.66. The van der Waals surface area contributed by atoms with Crippen molar-refractivity contribution in [3.8, 4) is 0 Å². The van der Waals surface area contributed by atoms with Crippen molar-refractivity contribution in [3.05, 3.63) is 17.7 Å². The fraction of sp³-hybridized carbons (Fsp3) is 0.778. The summed E-state index contributed by atoms with van der Waals surface area (Å²) in [6.45, 7) is 3.74. The first-order valence-corrected chi connectivity index (χ1v) is 11.4. The molecule has 3 heterocycles. The van der Waals surface area contributed by atoms with Crippen LogP contribution in [0.15, 0.2) is 11.1 Å². The van der Waals surface area contributed by atoms with E-state index in [-0.39, 0.29) is 36.3 Å². The van der Waals surface area contributed by atoms with Gasteiger partial charge in [-0.3, -0.25) is 0 Å². The Kier molecular flexibility index (Phi) is 7.66. The van der Waals surface area contributed by atoms with Crippen molar-refractivity contribution < 1.29 is 31.1 Å². The van der Waals surface area contributed by atoms with E-state index in [1.54, 1.807) is 0 Å². The fourth-order valence-electron chi connectivity index (χ4n) is 3.66. The number of nitrogens with zero attached hydrogens (tertiary/aromatic N) is 3. The maximum absolute atomic E-state index is 13.0. The maximum Gasteiger partial charge on any atom is 0.451 e. The minimum Gasteiger partial charge on any atom is -0.381 e. The lowest BCUT2D eigenvalue weighted by Gasteiger charge is -2.28. The number of aromatic nitrogens is 2. The van der Waals surface area contributed by atoms with Crippen LogP contribution in [0, 0.1) is 6.92 Å². The standard InChI is InChI=1S/C18H27F3N4O4S/c1-13-16(11-22-17(23-13)18(19,20)21)30(26,27)25-6-2-3-15(12-29-10-7-25)24-14-4-8-28-9-5-14/h11,14-15,24H,2-10,12H2,1H3. The van der Waals surface area contributed by atoms with Gasteiger partial charge < -0.3 is 14.8 Å². The third kappa shape index (κ3) is 5.88. The van der Waals surface area contributed by atoms with Gasteiger partial charge in [-0.25, -0.2) is 18.4 Å². The highest BCUT2D eigenvalue weighted by Gasteiger charge is 2.36. The second kappa shape index (κ2) is 9.86. The largest absolute Gasteiger partial charge is 0.451 e. The number of ether oxygens (including phenoxy) is 2. The average molecular weight is 452 g/mol. The molecule has 0 aromatic carbocycles. The zero-order chi connectivity index (χ0) is 21.8. The third-order valence-corrected chi connectivity index (χ3v) is 7.26. The van der Waals surface area contributed by atoms with E-state index in [4.69, 9.17) is 9.47 Å². The van der Waals surface area contributed by atoms with Crippen molar-refractivity contribution in [2.75, 3.05) is 39.5 Å². The summed E-state index contributed by atoms with van der Waals surface area (Å²) < 4.78 is 76.7. The Bertz CT molecular complexity index is 816. The van der Waals surface area contributed by atoms with Crippen LogP contribution in [0.25, 0.3) is 0 Å². The van der Waals surface area contributed by atoms with Crippen LogP contribution >= 0.6 is 0 Å². The zero-order valence-corrected chi connectivity index (χ0v) is 17.6. The van der Waals surface area contributed by atoms with Crippen molar-refractivity contribution in [1.29, 1.82) is 0 Å². The summed E-state index contributed by atoms with van der Waals surface area (Å²) in [5.41, 5.74) is -0.225. The predicted octanol–water partition coefficient (Wildman–Crippen LogP) is 1.74. The lowest BCUT2D eigenvalue weighted by atomic mass is 10.1. The van der Waals surface area contributed by atoms with Crippen molar-refractivity contribution in [2.24, 2.45) is 0 Å². The number of nitrogens with one attached hydrogen (secondary N) is 1. The molecule has 170 valence electrons. The van der Waals surface area contributed by atoms with Gasteiger partial charge in [-0.15, -0.1) is 0 Å². The molecule has 1 atom stereocenters. The quantitative estimate of drug-likeness (QED) is 0.744. The minimum absolute atomic E-state index is 0.117. The van der Waals surface area contributed by atoms with Crippen LogP contribution in [0.5, 0.6) is 0 Å². The van der Waals surface area contributed by atoms with E-state index in [0.717, 1.165) is 38.7 Å². The van der Waals surface area contributed by atoms with Crippen LogP contribution < -0.4 is 5.32 Å². The molecule has 1 aromatic rings. The van der Waals surface area contributed by atoms with Crippen molar-refractivity contribution in [3.63, 3.8) is 0 Å². The van der Waals surface area contributed by atoms with Crippen LogP contribution in [0.4, 0.5) is 13.2 Å². The second-order valence-electron chi connectivity index (χ2n) is 7.51. The Morgan fingerprint density at radius 1 is 1.10 bits per heavy atom. The van der Waals surface area contributed by atoms with Crippen LogP contribution in [-0.2, 0) is 25.7 Å². The van der Waals surface area contributed by atoms with Gasteiger partial charge in [-0.1, -0.05) is 0 Å². The number of alkyl halides is 3. The molecule has 12 heteroatoms. The SMILES string of the molecule is Cc1nc(C(F)(F)F)ncc1S(=O)(=O)N1CCCC(NC2CCOCC2)COCC1. The molecule has 0 spiro atoms. The van der Waals surface area contributed by atoms with Gasteiger partial charge in [0.05, 0.1) is 25.1 Å². The summed E-state index contributed by atoms with van der Waals surface area (Å²) in [7, 11) is -4.03. The van der Waals surface area contributed by atoms with Crippen molar-refractivity contribution in [1.82, 2.24) is 19.6 Å². The molecule has 1 N–H and O–H groups in total. The van der Waals surface area contributed by atoms with Crippen LogP contribution in [0.2, 0.25) is 0 Å². The summed E-state index contributed by atoms with van der Waals surface area (Å²) in [5.74, 6) is -1.35. The van der Waals surface area contributed by atoms with Gasteiger partial charge in [0.2, 0.25) is 15.8 Å². The summed E-state index contributed by atoms with van der Waals surface area (Å²) >= 11 is 0. The molecule has 30 heavy (non-hydrogen) atoms. The van der Waals surface area contributed by atoms with E-state index in [0.29, 0.717) is 19.1 Å². The van der Waals surface area contributed by atoms with E-state index >= 15 is 0 Å². The molecule has 0 saturated carbocycles. The van der Waals surface area contributed by atoms with Gasteiger partial charge in [0, 0.05) is 38.4 Å². The molecule has 0 aliphatic carbocycles. The van der Waals surface area contributed by atoms with Crippen LogP contribution in [-0.4, -0.2) is 74.3 Å². The molecule has 0 amide bonds. The van der Waals surface area contributed by atoms with Crippen LogP contribution in [0.1, 0.15) is 37.2 Å². The Labute approximate surface area is 174 Å². The van der Waals surface area contributed by atoms with E-state index < -0.39 is 22.0 Å². The summed E-state index contributed by atoms with van der Waals surface area (Å²) in [6.07, 6.45) is -0.792. The smallest absolute Gasteiger partial charge is 0.381 e. The topological polar surface area (TPSA) is 93.7 Å². The van der Waals surface area contributed by atoms with Gasteiger partial charge >= 0.3 is 6.18 Å². The van der Waals surface area contributed by atoms with Gasteiger partial charge in [0.15, 0.2) is 0 Å². The molecule has 1 unspecified atom stereocenters.